The van der Waals surface area contributed by atoms with Crippen molar-refractivity contribution in [3.63, 3.8) is 0 Å². The molecule has 5 heteroatoms. The van der Waals surface area contributed by atoms with Crippen molar-refractivity contribution in [3.8, 4) is 0 Å². The molecule has 1 unspecified atom stereocenters. The Morgan fingerprint density at radius 3 is 2.42 bits per heavy atom. The van der Waals surface area contributed by atoms with Crippen LogP contribution in [0.5, 0.6) is 0 Å². The van der Waals surface area contributed by atoms with Crippen LogP contribution in [0.25, 0.3) is 0 Å². The fourth-order valence-corrected chi connectivity index (χ4v) is 2.28. The Hall–Kier alpha value is -2.14. The molecule has 1 heterocycles. The summed E-state index contributed by atoms with van der Waals surface area (Å²) in [7, 11) is 0. The number of hydrogen-bond acceptors (Lipinski definition) is 3. The summed E-state index contributed by atoms with van der Waals surface area (Å²) in [6.45, 7) is 1.92. The second-order valence-corrected chi connectivity index (χ2v) is 5.08. The fourth-order valence-electron chi connectivity index (χ4n) is 1.66. The van der Waals surface area contributed by atoms with Crippen molar-refractivity contribution in [2.24, 2.45) is 0 Å². The maximum atomic E-state index is 11.9. The Bertz CT molecular complexity index is 575. The van der Waals surface area contributed by atoms with E-state index in [1.165, 1.54) is 11.3 Å². The molecule has 19 heavy (non-hydrogen) atoms. The highest BCUT2D eigenvalue weighted by Gasteiger charge is 2.22. The zero-order valence-corrected chi connectivity index (χ0v) is 11.1. The first-order chi connectivity index (χ1) is 9.08. The first-order valence-electron chi connectivity index (χ1n) is 5.71. The summed E-state index contributed by atoms with van der Waals surface area (Å²) in [5.41, 5.74) is 1.60. The van der Waals surface area contributed by atoms with E-state index in [4.69, 9.17) is 0 Å². The maximum Gasteiger partial charge on any atom is 0.330 e. The van der Waals surface area contributed by atoms with Crippen LogP contribution in [0.3, 0.4) is 0 Å². The molecule has 1 atom stereocenters. The molecule has 0 radical (unpaired) electrons. The highest BCUT2D eigenvalue weighted by atomic mass is 32.1. The number of benzene rings is 1. The molecular weight excluding hydrogens is 262 g/mol. The molecule has 0 fully saturated rings. The van der Waals surface area contributed by atoms with Crippen LogP contribution < -0.4 is 5.32 Å². The van der Waals surface area contributed by atoms with Gasteiger partial charge in [0.2, 0.25) is 0 Å². The molecule has 4 nitrogen and oxygen atoms in total. The van der Waals surface area contributed by atoms with E-state index >= 15 is 0 Å². The molecule has 0 aliphatic rings. The van der Waals surface area contributed by atoms with Gasteiger partial charge in [0.1, 0.15) is 0 Å². The van der Waals surface area contributed by atoms with Gasteiger partial charge in [-0.2, -0.15) is 0 Å². The van der Waals surface area contributed by atoms with Gasteiger partial charge in [-0.25, -0.2) is 4.79 Å². The summed E-state index contributed by atoms with van der Waals surface area (Å²) in [6.07, 6.45) is 0. The van der Waals surface area contributed by atoms with Gasteiger partial charge in [0, 0.05) is 0 Å². The van der Waals surface area contributed by atoms with Gasteiger partial charge in [-0.1, -0.05) is 35.9 Å². The monoisotopic (exact) mass is 275 g/mol. The number of carboxylic acids is 1. The Kier molecular flexibility index (Phi) is 3.97. The molecular formula is C14H13NO3S. The van der Waals surface area contributed by atoms with E-state index in [-0.39, 0.29) is 5.91 Å². The van der Waals surface area contributed by atoms with Crippen molar-refractivity contribution in [2.75, 3.05) is 0 Å². The molecule has 0 bridgehead atoms. The first kappa shape index (κ1) is 13.3. The maximum absolute atomic E-state index is 11.9. The lowest BCUT2D eigenvalue weighted by Crippen LogP contribution is -2.33. The molecule has 0 saturated carbocycles. The molecule has 0 aliphatic heterocycles. The van der Waals surface area contributed by atoms with Crippen LogP contribution >= 0.6 is 11.3 Å². The van der Waals surface area contributed by atoms with Crippen LogP contribution in [0.1, 0.15) is 26.8 Å². The molecule has 0 spiro atoms. The van der Waals surface area contributed by atoms with E-state index in [9.17, 15) is 14.7 Å². The van der Waals surface area contributed by atoms with Crippen molar-refractivity contribution in [1.82, 2.24) is 5.32 Å². The summed E-state index contributed by atoms with van der Waals surface area (Å²) in [5, 5.41) is 13.5. The van der Waals surface area contributed by atoms with E-state index in [2.05, 4.69) is 5.32 Å². The van der Waals surface area contributed by atoms with Crippen molar-refractivity contribution in [2.45, 2.75) is 13.0 Å². The highest BCUT2D eigenvalue weighted by Crippen LogP contribution is 2.16. The third-order valence-corrected chi connectivity index (χ3v) is 3.55. The third kappa shape index (κ3) is 3.20. The summed E-state index contributed by atoms with van der Waals surface area (Å²) < 4.78 is 0. The van der Waals surface area contributed by atoms with Crippen molar-refractivity contribution in [1.29, 1.82) is 0 Å². The number of aryl methyl sites for hydroxylation is 1. The van der Waals surface area contributed by atoms with Gasteiger partial charge >= 0.3 is 5.97 Å². The summed E-state index contributed by atoms with van der Waals surface area (Å²) in [5.74, 6) is -1.45. The summed E-state index contributed by atoms with van der Waals surface area (Å²) >= 11 is 1.28. The summed E-state index contributed by atoms with van der Waals surface area (Å²) in [6, 6.07) is 9.45. The van der Waals surface area contributed by atoms with Gasteiger partial charge in [-0.05, 0) is 23.9 Å². The molecule has 98 valence electrons. The third-order valence-electron chi connectivity index (χ3n) is 2.68. The van der Waals surface area contributed by atoms with Crippen LogP contribution in [0.15, 0.2) is 41.8 Å². The SMILES string of the molecule is Cc1ccc(C(NC(=O)c2cccs2)C(=O)O)cc1. The van der Waals surface area contributed by atoms with Gasteiger partial charge in [0.05, 0.1) is 4.88 Å². The standard InChI is InChI=1S/C14H13NO3S/c1-9-4-6-10(7-5-9)12(14(17)18)15-13(16)11-3-2-8-19-11/h2-8,12H,1H3,(H,15,16)(H,17,18). The topological polar surface area (TPSA) is 66.4 Å². The van der Waals surface area contributed by atoms with Crippen LogP contribution in [0.4, 0.5) is 0 Å². The van der Waals surface area contributed by atoms with E-state index in [0.29, 0.717) is 10.4 Å². The lowest BCUT2D eigenvalue weighted by Gasteiger charge is -2.14. The van der Waals surface area contributed by atoms with Crippen LogP contribution in [0.2, 0.25) is 0 Å². The average molecular weight is 275 g/mol. The minimum Gasteiger partial charge on any atom is -0.479 e. The second-order valence-electron chi connectivity index (χ2n) is 4.13. The molecule has 0 aliphatic carbocycles. The zero-order chi connectivity index (χ0) is 13.8. The van der Waals surface area contributed by atoms with Gasteiger partial charge in [-0.15, -0.1) is 11.3 Å². The molecule has 2 N–H and O–H groups in total. The molecule has 1 aromatic carbocycles. The quantitative estimate of drug-likeness (QED) is 0.901. The number of carboxylic acid groups (broad SMARTS) is 1. The average Bonchev–Trinajstić information content (AvgIpc) is 2.90. The zero-order valence-electron chi connectivity index (χ0n) is 10.3. The highest BCUT2D eigenvalue weighted by molar-refractivity contribution is 7.12. The number of amides is 1. The predicted octanol–water partition coefficient (Wildman–Crippen LogP) is 2.61. The number of rotatable bonds is 4. The smallest absolute Gasteiger partial charge is 0.330 e. The molecule has 0 saturated heterocycles. The Balaban J connectivity index is 2.19. The minimum absolute atomic E-state index is 0.372. The van der Waals surface area contributed by atoms with Gasteiger partial charge in [0.25, 0.3) is 5.91 Å². The number of thiophene rings is 1. The van der Waals surface area contributed by atoms with Crippen molar-refractivity contribution < 1.29 is 14.7 Å². The molecule has 1 amide bonds. The van der Waals surface area contributed by atoms with E-state index in [1.807, 2.05) is 19.1 Å². The Morgan fingerprint density at radius 2 is 1.89 bits per heavy atom. The Labute approximate surface area is 114 Å². The van der Waals surface area contributed by atoms with Crippen LogP contribution in [-0.4, -0.2) is 17.0 Å². The minimum atomic E-state index is -1.08. The molecule has 1 aromatic heterocycles. The number of carbonyl (C=O) groups is 2. The van der Waals surface area contributed by atoms with Crippen LogP contribution in [0, 0.1) is 6.92 Å². The molecule has 2 rings (SSSR count). The number of nitrogens with one attached hydrogen (secondary N) is 1. The summed E-state index contributed by atoms with van der Waals surface area (Å²) in [4.78, 5) is 23.7. The number of carbonyl (C=O) groups excluding carboxylic acids is 1. The first-order valence-corrected chi connectivity index (χ1v) is 6.59. The van der Waals surface area contributed by atoms with Gasteiger partial charge < -0.3 is 10.4 Å². The number of hydrogen-bond donors (Lipinski definition) is 2. The normalized spacial score (nSPS) is 11.8. The molecule has 2 aromatic rings. The van der Waals surface area contributed by atoms with Crippen molar-refractivity contribution in [3.05, 3.63) is 57.8 Å². The lowest BCUT2D eigenvalue weighted by atomic mass is 10.1. The Morgan fingerprint density at radius 1 is 1.21 bits per heavy atom. The van der Waals surface area contributed by atoms with E-state index < -0.39 is 12.0 Å². The van der Waals surface area contributed by atoms with Gasteiger partial charge in [-0.3, -0.25) is 4.79 Å². The van der Waals surface area contributed by atoms with E-state index in [0.717, 1.165) is 5.56 Å². The second kappa shape index (κ2) is 5.67. The predicted molar refractivity (Wildman–Crippen MR) is 73.3 cm³/mol. The number of aliphatic carboxylic acids is 1. The van der Waals surface area contributed by atoms with Gasteiger partial charge in [0.15, 0.2) is 6.04 Å². The van der Waals surface area contributed by atoms with Crippen LogP contribution in [-0.2, 0) is 4.79 Å². The van der Waals surface area contributed by atoms with E-state index in [1.54, 1.807) is 29.6 Å². The fraction of sp³-hybridized carbons (Fsp3) is 0.143. The van der Waals surface area contributed by atoms with Crippen molar-refractivity contribution >= 4 is 23.2 Å². The lowest BCUT2D eigenvalue weighted by molar-refractivity contribution is -0.139. The largest absolute Gasteiger partial charge is 0.479 e.